The second kappa shape index (κ2) is 6.02. The molecule has 0 saturated carbocycles. The first-order chi connectivity index (χ1) is 8.33. The summed E-state index contributed by atoms with van der Waals surface area (Å²) in [5.74, 6) is -0.297. The van der Waals surface area contributed by atoms with Gasteiger partial charge in [-0.1, -0.05) is 20.3 Å². The van der Waals surface area contributed by atoms with Crippen LogP contribution in [0.25, 0.3) is 0 Å². The van der Waals surface area contributed by atoms with Crippen LogP contribution in [0.1, 0.15) is 47.0 Å². The van der Waals surface area contributed by atoms with Crippen molar-refractivity contribution in [2.75, 3.05) is 26.2 Å². The molecule has 0 aliphatic carbocycles. The van der Waals surface area contributed by atoms with Gasteiger partial charge in [-0.05, 0) is 45.2 Å². The number of hydrogen-bond donors (Lipinski definition) is 1. The Morgan fingerprint density at radius 1 is 1.39 bits per heavy atom. The van der Waals surface area contributed by atoms with Gasteiger partial charge in [0.15, 0.2) is 0 Å². The van der Waals surface area contributed by atoms with E-state index >= 15 is 0 Å². The summed E-state index contributed by atoms with van der Waals surface area (Å²) in [4.78, 5) is 14.0. The van der Waals surface area contributed by atoms with Gasteiger partial charge in [0.1, 0.15) is 5.54 Å². The minimum absolute atomic E-state index is 0.297. The molecule has 0 radical (unpaired) electrons. The molecule has 0 aromatic heterocycles. The number of hydrogen-bond acceptors (Lipinski definition) is 4. The maximum absolute atomic E-state index is 11.7. The molecule has 0 spiro atoms. The van der Waals surface area contributed by atoms with Crippen LogP contribution in [0.5, 0.6) is 0 Å². The number of ether oxygens (including phenoxy) is 1. The fraction of sp³-hybridized carbons (Fsp3) is 0.929. The Balaban J connectivity index is 2.47. The molecule has 1 aliphatic rings. The largest absolute Gasteiger partial charge is 0.465 e. The van der Waals surface area contributed by atoms with Crippen molar-refractivity contribution >= 4 is 5.97 Å². The SMILES string of the molecule is CCOC(=O)C(C)(N)CN1CCC(C)(CC)CC1. The van der Waals surface area contributed by atoms with Crippen LogP contribution >= 0.6 is 0 Å². The Morgan fingerprint density at radius 3 is 2.39 bits per heavy atom. The van der Waals surface area contributed by atoms with Gasteiger partial charge >= 0.3 is 5.97 Å². The van der Waals surface area contributed by atoms with E-state index in [1.165, 1.54) is 19.3 Å². The minimum Gasteiger partial charge on any atom is -0.465 e. The Morgan fingerprint density at radius 2 is 1.94 bits per heavy atom. The van der Waals surface area contributed by atoms with E-state index in [4.69, 9.17) is 10.5 Å². The molecule has 0 aromatic rings. The molecular formula is C14H28N2O2. The molecule has 0 aromatic carbocycles. The summed E-state index contributed by atoms with van der Waals surface area (Å²) in [6.45, 7) is 11.2. The van der Waals surface area contributed by atoms with Gasteiger partial charge in [0.25, 0.3) is 0 Å². The van der Waals surface area contributed by atoms with Crippen molar-refractivity contribution in [3.8, 4) is 0 Å². The van der Waals surface area contributed by atoms with Crippen molar-refractivity contribution < 1.29 is 9.53 Å². The standard InChI is InChI=1S/C14H28N2O2/c1-5-13(3)7-9-16(10-8-13)11-14(4,15)12(17)18-6-2/h5-11,15H2,1-4H3. The highest BCUT2D eigenvalue weighted by Gasteiger charge is 2.35. The maximum Gasteiger partial charge on any atom is 0.327 e. The third kappa shape index (κ3) is 3.95. The average Bonchev–Trinajstić information content (AvgIpc) is 2.32. The molecule has 2 N–H and O–H groups in total. The van der Waals surface area contributed by atoms with Crippen molar-refractivity contribution in [2.45, 2.75) is 52.5 Å². The normalized spacial score (nSPS) is 23.4. The van der Waals surface area contributed by atoms with Crippen molar-refractivity contribution in [3.63, 3.8) is 0 Å². The lowest BCUT2D eigenvalue weighted by molar-refractivity contribution is -0.149. The summed E-state index contributed by atoms with van der Waals surface area (Å²) >= 11 is 0. The van der Waals surface area contributed by atoms with Crippen LogP contribution in [0.3, 0.4) is 0 Å². The van der Waals surface area contributed by atoms with Crippen molar-refractivity contribution in [2.24, 2.45) is 11.1 Å². The van der Waals surface area contributed by atoms with E-state index in [2.05, 4.69) is 18.7 Å². The monoisotopic (exact) mass is 256 g/mol. The molecule has 106 valence electrons. The highest BCUT2D eigenvalue weighted by atomic mass is 16.5. The number of carbonyl (C=O) groups is 1. The number of esters is 1. The predicted octanol–water partition coefficient (Wildman–Crippen LogP) is 1.78. The van der Waals surface area contributed by atoms with Gasteiger partial charge in [0.05, 0.1) is 6.61 Å². The number of likely N-dealkylation sites (tertiary alicyclic amines) is 1. The second-order valence-electron chi connectivity index (χ2n) is 6.08. The number of piperidine rings is 1. The summed E-state index contributed by atoms with van der Waals surface area (Å²) in [5.41, 5.74) is 5.63. The highest BCUT2D eigenvalue weighted by molar-refractivity contribution is 5.80. The summed E-state index contributed by atoms with van der Waals surface area (Å²) in [5, 5.41) is 0. The smallest absolute Gasteiger partial charge is 0.327 e. The number of nitrogens with zero attached hydrogens (tertiary/aromatic N) is 1. The first-order valence-corrected chi connectivity index (χ1v) is 7.01. The first-order valence-electron chi connectivity index (χ1n) is 7.01. The van der Waals surface area contributed by atoms with Crippen LogP contribution < -0.4 is 5.73 Å². The molecule has 18 heavy (non-hydrogen) atoms. The zero-order valence-corrected chi connectivity index (χ0v) is 12.3. The van der Waals surface area contributed by atoms with Crippen molar-refractivity contribution in [3.05, 3.63) is 0 Å². The molecule has 1 aliphatic heterocycles. The van der Waals surface area contributed by atoms with Crippen LogP contribution in [0.2, 0.25) is 0 Å². The highest BCUT2D eigenvalue weighted by Crippen LogP contribution is 2.34. The number of carbonyl (C=O) groups excluding carboxylic acids is 1. The maximum atomic E-state index is 11.7. The Labute approximate surface area is 111 Å². The van der Waals surface area contributed by atoms with Gasteiger partial charge in [-0.25, -0.2) is 0 Å². The fourth-order valence-corrected chi connectivity index (χ4v) is 2.43. The Bertz CT molecular complexity index is 282. The summed E-state index contributed by atoms with van der Waals surface area (Å²) in [7, 11) is 0. The third-order valence-electron chi connectivity index (χ3n) is 4.21. The van der Waals surface area contributed by atoms with Crippen LogP contribution in [0.4, 0.5) is 0 Å². The van der Waals surface area contributed by atoms with Crippen LogP contribution in [-0.2, 0) is 9.53 Å². The summed E-state index contributed by atoms with van der Waals surface area (Å²) < 4.78 is 5.02. The lowest BCUT2D eigenvalue weighted by Crippen LogP contribution is -2.56. The lowest BCUT2D eigenvalue weighted by Gasteiger charge is -2.41. The van der Waals surface area contributed by atoms with Gasteiger partial charge in [-0.2, -0.15) is 0 Å². The molecule has 1 saturated heterocycles. The average molecular weight is 256 g/mol. The van der Waals surface area contributed by atoms with Crippen molar-refractivity contribution in [1.29, 1.82) is 0 Å². The summed E-state index contributed by atoms with van der Waals surface area (Å²) in [6.07, 6.45) is 3.59. The molecule has 4 nitrogen and oxygen atoms in total. The fourth-order valence-electron chi connectivity index (χ4n) is 2.43. The summed E-state index contributed by atoms with van der Waals surface area (Å²) in [6, 6.07) is 0. The minimum atomic E-state index is -0.893. The quantitative estimate of drug-likeness (QED) is 0.762. The van der Waals surface area contributed by atoms with Gasteiger partial charge in [-0.15, -0.1) is 0 Å². The van der Waals surface area contributed by atoms with Gasteiger partial charge < -0.3 is 15.4 Å². The van der Waals surface area contributed by atoms with E-state index in [0.717, 1.165) is 13.1 Å². The molecule has 4 heteroatoms. The molecule has 1 rings (SSSR count). The van der Waals surface area contributed by atoms with Gasteiger partial charge in [-0.3, -0.25) is 4.79 Å². The lowest BCUT2D eigenvalue weighted by atomic mass is 9.78. The van der Waals surface area contributed by atoms with Crippen molar-refractivity contribution in [1.82, 2.24) is 4.90 Å². The van der Waals surface area contributed by atoms with E-state index < -0.39 is 5.54 Å². The zero-order chi connectivity index (χ0) is 13.8. The van der Waals surface area contributed by atoms with E-state index in [9.17, 15) is 4.79 Å². The zero-order valence-electron chi connectivity index (χ0n) is 12.3. The number of rotatable bonds is 5. The van der Waals surface area contributed by atoms with E-state index in [-0.39, 0.29) is 5.97 Å². The van der Waals surface area contributed by atoms with E-state index in [1.54, 1.807) is 6.92 Å². The van der Waals surface area contributed by atoms with Gasteiger partial charge in [0, 0.05) is 6.54 Å². The van der Waals surface area contributed by atoms with Gasteiger partial charge in [0.2, 0.25) is 0 Å². The predicted molar refractivity (Wildman–Crippen MR) is 73.3 cm³/mol. The Hall–Kier alpha value is -0.610. The molecule has 1 fully saturated rings. The van der Waals surface area contributed by atoms with E-state index in [0.29, 0.717) is 18.6 Å². The molecular weight excluding hydrogens is 228 g/mol. The van der Waals surface area contributed by atoms with Crippen LogP contribution in [0.15, 0.2) is 0 Å². The molecule has 1 atom stereocenters. The Kier molecular flexibility index (Phi) is 5.17. The molecule has 0 amide bonds. The molecule has 0 bridgehead atoms. The van der Waals surface area contributed by atoms with E-state index in [1.807, 2.05) is 6.92 Å². The third-order valence-corrected chi connectivity index (χ3v) is 4.21. The molecule has 1 heterocycles. The molecule has 1 unspecified atom stereocenters. The van der Waals surface area contributed by atoms with Crippen LogP contribution in [-0.4, -0.2) is 42.6 Å². The topological polar surface area (TPSA) is 55.6 Å². The first kappa shape index (κ1) is 15.4. The second-order valence-corrected chi connectivity index (χ2v) is 6.08. The van der Waals surface area contributed by atoms with Crippen LogP contribution in [0, 0.1) is 5.41 Å². The number of nitrogens with two attached hydrogens (primary N) is 1.